The summed E-state index contributed by atoms with van der Waals surface area (Å²) in [5.41, 5.74) is 6.95. The topological polar surface area (TPSA) is 90.5 Å². The summed E-state index contributed by atoms with van der Waals surface area (Å²) in [5, 5.41) is 18.9. The molecule has 5 nitrogen and oxygen atoms in total. The van der Waals surface area contributed by atoms with E-state index in [-0.39, 0.29) is 0 Å². The number of anilines is 1. The van der Waals surface area contributed by atoms with E-state index in [1.807, 2.05) is 0 Å². The molecule has 1 unspecified atom stereocenters. The zero-order valence-electron chi connectivity index (χ0n) is 8.58. The van der Waals surface area contributed by atoms with Gasteiger partial charge in [0.1, 0.15) is 11.6 Å². The van der Waals surface area contributed by atoms with E-state index in [9.17, 15) is 0 Å². The van der Waals surface area contributed by atoms with E-state index >= 15 is 0 Å². The van der Waals surface area contributed by atoms with Crippen LogP contribution in [0.5, 0.6) is 0 Å². The molecule has 1 aliphatic heterocycles. The Morgan fingerprint density at radius 3 is 3.13 bits per heavy atom. The first kappa shape index (κ1) is 9.99. The van der Waals surface area contributed by atoms with Gasteiger partial charge in [-0.15, -0.1) is 0 Å². The van der Waals surface area contributed by atoms with E-state index in [4.69, 9.17) is 11.0 Å². The number of nitrogens with zero attached hydrogens (tertiary/aromatic N) is 2. The third-order valence-electron chi connectivity index (χ3n) is 2.95. The summed E-state index contributed by atoms with van der Waals surface area (Å²) in [4.78, 5) is 0. The zero-order valence-corrected chi connectivity index (χ0v) is 8.58. The summed E-state index contributed by atoms with van der Waals surface area (Å²) in [5.74, 6) is 1.04. The number of aromatic nitrogens is 2. The lowest BCUT2D eigenvalue weighted by Crippen LogP contribution is -2.09. The number of hydrogen-bond acceptors (Lipinski definition) is 4. The van der Waals surface area contributed by atoms with Gasteiger partial charge in [0.05, 0.1) is 5.69 Å². The molecule has 5 heteroatoms. The molecule has 0 radical (unpaired) electrons. The molecule has 1 aromatic heterocycles. The predicted molar refractivity (Wildman–Crippen MR) is 57.0 cm³/mol. The lowest BCUT2D eigenvalue weighted by atomic mass is 10.0. The number of aryl methyl sites for hydroxylation is 1. The fraction of sp³-hybridized carbons (Fsp3) is 0.600. The van der Waals surface area contributed by atoms with Gasteiger partial charge >= 0.3 is 0 Å². The Labute approximate surface area is 88.7 Å². The van der Waals surface area contributed by atoms with E-state index in [1.165, 1.54) is 6.42 Å². The minimum atomic E-state index is 0.317. The monoisotopic (exact) mass is 205 g/mol. The molecule has 2 heterocycles. The Bertz CT molecular complexity index is 370. The van der Waals surface area contributed by atoms with E-state index in [1.54, 1.807) is 0 Å². The van der Waals surface area contributed by atoms with Gasteiger partial charge in [-0.1, -0.05) is 0 Å². The average molecular weight is 205 g/mol. The van der Waals surface area contributed by atoms with Gasteiger partial charge in [-0.25, -0.2) is 0 Å². The van der Waals surface area contributed by atoms with Crippen LogP contribution in [0.2, 0.25) is 0 Å². The van der Waals surface area contributed by atoms with Crippen molar-refractivity contribution in [1.82, 2.24) is 15.5 Å². The second kappa shape index (κ2) is 4.32. The quantitative estimate of drug-likeness (QED) is 0.666. The van der Waals surface area contributed by atoms with Crippen LogP contribution in [0.15, 0.2) is 0 Å². The third-order valence-corrected chi connectivity index (χ3v) is 2.95. The Morgan fingerprint density at radius 2 is 2.47 bits per heavy atom. The number of aromatic amines is 1. The molecule has 1 aromatic rings. The molecule has 80 valence electrons. The number of nitrogens with one attached hydrogen (secondary N) is 2. The summed E-state index contributed by atoms with van der Waals surface area (Å²) in [7, 11) is 0. The summed E-state index contributed by atoms with van der Waals surface area (Å²) in [6, 6.07) is 2.08. The fourth-order valence-electron chi connectivity index (χ4n) is 2.01. The molecular weight excluding hydrogens is 190 g/mol. The molecule has 1 saturated heterocycles. The van der Waals surface area contributed by atoms with Crippen molar-refractivity contribution >= 4 is 5.82 Å². The predicted octanol–water partition coefficient (Wildman–Crippen LogP) is 0.406. The lowest BCUT2D eigenvalue weighted by Gasteiger charge is -2.06. The van der Waals surface area contributed by atoms with Crippen LogP contribution in [0.3, 0.4) is 0 Å². The van der Waals surface area contributed by atoms with Gasteiger partial charge in [0, 0.05) is 0 Å². The van der Waals surface area contributed by atoms with Crippen molar-refractivity contribution < 1.29 is 0 Å². The lowest BCUT2D eigenvalue weighted by molar-refractivity contribution is 0.528. The van der Waals surface area contributed by atoms with Gasteiger partial charge in [0.2, 0.25) is 0 Å². The second-order valence-corrected chi connectivity index (χ2v) is 3.97. The highest BCUT2D eigenvalue weighted by Crippen LogP contribution is 2.18. The first-order valence-corrected chi connectivity index (χ1v) is 5.24. The molecule has 4 N–H and O–H groups in total. The molecule has 0 saturated carbocycles. The molecule has 1 atom stereocenters. The van der Waals surface area contributed by atoms with Crippen LogP contribution in [0.4, 0.5) is 5.82 Å². The molecule has 0 amide bonds. The van der Waals surface area contributed by atoms with Crippen LogP contribution in [-0.4, -0.2) is 23.3 Å². The average Bonchev–Trinajstić information content (AvgIpc) is 2.84. The number of nitriles is 1. The van der Waals surface area contributed by atoms with Gasteiger partial charge in [0.15, 0.2) is 5.82 Å². The Morgan fingerprint density at radius 1 is 1.60 bits per heavy atom. The van der Waals surface area contributed by atoms with Crippen molar-refractivity contribution in [3.63, 3.8) is 0 Å². The highest BCUT2D eigenvalue weighted by Gasteiger charge is 2.16. The second-order valence-electron chi connectivity index (χ2n) is 3.97. The molecule has 1 fully saturated rings. The highest BCUT2D eigenvalue weighted by atomic mass is 15.2. The number of hydrogen-bond donors (Lipinski definition) is 3. The molecule has 0 bridgehead atoms. The maximum absolute atomic E-state index is 8.88. The SMILES string of the molecule is N#Cc1c(N)n[nH]c1CCC1CCNC1. The summed E-state index contributed by atoms with van der Waals surface area (Å²) < 4.78 is 0. The normalized spacial score (nSPS) is 20.3. The minimum absolute atomic E-state index is 0.317. The molecule has 15 heavy (non-hydrogen) atoms. The molecule has 0 spiro atoms. The standard InChI is InChI=1S/C10H15N5/c11-5-8-9(14-15-10(8)12)2-1-7-3-4-13-6-7/h7,13H,1-4,6H2,(H3,12,14,15). The van der Waals surface area contributed by atoms with Crippen molar-refractivity contribution in [2.45, 2.75) is 19.3 Å². The van der Waals surface area contributed by atoms with Crippen LogP contribution in [-0.2, 0) is 6.42 Å². The largest absolute Gasteiger partial charge is 0.381 e. The molecule has 0 aliphatic carbocycles. The van der Waals surface area contributed by atoms with Crippen molar-refractivity contribution in [2.24, 2.45) is 5.92 Å². The van der Waals surface area contributed by atoms with Gasteiger partial charge in [-0.3, -0.25) is 5.10 Å². The van der Waals surface area contributed by atoms with Crippen LogP contribution in [0.25, 0.3) is 0 Å². The molecule has 0 aromatic carbocycles. The van der Waals surface area contributed by atoms with E-state index in [0.717, 1.165) is 37.5 Å². The van der Waals surface area contributed by atoms with Crippen molar-refractivity contribution in [3.05, 3.63) is 11.3 Å². The maximum Gasteiger partial charge on any atom is 0.163 e. The van der Waals surface area contributed by atoms with E-state index in [0.29, 0.717) is 11.4 Å². The number of rotatable bonds is 3. The van der Waals surface area contributed by atoms with Crippen LogP contribution in [0, 0.1) is 17.2 Å². The maximum atomic E-state index is 8.88. The first-order chi connectivity index (χ1) is 7.31. The van der Waals surface area contributed by atoms with Gasteiger partial charge < -0.3 is 11.1 Å². The van der Waals surface area contributed by atoms with Crippen molar-refractivity contribution in [2.75, 3.05) is 18.8 Å². The summed E-state index contributed by atoms with van der Waals surface area (Å²) >= 11 is 0. The van der Waals surface area contributed by atoms with Crippen LogP contribution >= 0.6 is 0 Å². The van der Waals surface area contributed by atoms with Crippen molar-refractivity contribution in [1.29, 1.82) is 5.26 Å². The Hall–Kier alpha value is -1.54. The zero-order chi connectivity index (χ0) is 10.7. The number of nitrogen functional groups attached to an aromatic ring is 1. The van der Waals surface area contributed by atoms with Crippen molar-refractivity contribution in [3.8, 4) is 6.07 Å². The minimum Gasteiger partial charge on any atom is -0.381 e. The van der Waals surface area contributed by atoms with Gasteiger partial charge in [0.25, 0.3) is 0 Å². The van der Waals surface area contributed by atoms with Crippen LogP contribution < -0.4 is 11.1 Å². The number of nitrogens with two attached hydrogens (primary N) is 1. The Balaban J connectivity index is 1.95. The van der Waals surface area contributed by atoms with Crippen LogP contribution in [0.1, 0.15) is 24.1 Å². The molecule has 1 aliphatic rings. The van der Waals surface area contributed by atoms with Gasteiger partial charge in [-0.05, 0) is 38.3 Å². The molecule has 2 rings (SSSR count). The smallest absolute Gasteiger partial charge is 0.163 e. The third kappa shape index (κ3) is 2.10. The fourth-order valence-corrected chi connectivity index (χ4v) is 2.01. The first-order valence-electron chi connectivity index (χ1n) is 5.24. The Kier molecular flexibility index (Phi) is 2.88. The molecular formula is C10H15N5. The summed E-state index contributed by atoms with van der Waals surface area (Å²) in [6.07, 6.45) is 3.17. The van der Waals surface area contributed by atoms with E-state index < -0.39 is 0 Å². The van der Waals surface area contributed by atoms with Gasteiger partial charge in [-0.2, -0.15) is 10.4 Å². The van der Waals surface area contributed by atoms with E-state index in [2.05, 4.69) is 21.6 Å². The highest BCUT2D eigenvalue weighted by molar-refractivity contribution is 5.50. The number of H-pyrrole nitrogens is 1. The summed E-state index contributed by atoms with van der Waals surface area (Å²) in [6.45, 7) is 2.20.